The molecule has 0 aliphatic carbocycles. The molecule has 0 aromatic heterocycles. The molecule has 0 amide bonds. The molecule has 1 aromatic carbocycles. The van der Waals surface area contributed by atoms with Crippen molar-refractivity contribution in [1.82, 2.24) is 0 Å². The first-order valence-electron chi connectivity index (χ1n) is 4.56. The van der Waals surface area contributed by atoms with Crippen LogP contribution >= 0.6 is 11.6 Å². The molecule has 0 heterocycles. The molecule has 1 rings (SSSR count). The normalized spacial score (nSPS) is 9.07. The predicted molar refractivity (Wildman–Crippen MR) is 59.9 cm³/mol. The first kappa shape index (κ1) is 10.9. The van der Waals surface area contributed by atoms with Gasteiger partial charge in [0.05, 0.1) is 12.5 Å². The Kier molecular flexibility index (Phi) is 4.35. The van der Waals surface area contributed by atoms with Gasteiger partial charge in [-0.25, -0.2) is 0 Å². The zero-order valence-corrected chi connectivity index (χ0v) is 9.19. The summed E-state index contributed by atoms with van der Waals surface area (Å²) in [6.07, 6.45) is 0. The second kappa shape index (κ2) is 5.57. The van der Waals surface area contributed by atoms with Crippen LogP contribution in [-0.4, -0.2) is 12.5 Å². The lowest BCUT2D eigenvalue weighted by Crippen LogP contribution is -1.93. The molecule has 74 valence electrons. The second-order valence-corrected chi connectivity index (χ2v) is 3.12. The standard InChI is InChI=1S/C12H13ClO/c1-3-14-12-7-6-11(5-4-8-13)9-10(12)2/h6-7,9H,3,8H2,1-2H3. The summed E-state index contributed by atoms with van der Waals surface area (Å²) in [6.45, 7) is 4.67. The number of alkyl halides is 1. The third-order valence-corrected chi connectivity index (χ3v) is 1.91. The van der Waals surface area contributed by atoms with E-state index in [1.165, 1.54) is 0 Å². The summed E-state index contributed by atoms with van der Waals surface area (Å²) in [6, 6.07) is 5.89. The fourth-order valence-electron chi connectivity index (χ4n) is 1.18. The van der Waals surface area contributed by atoms with Crippen molar-refractivity contribution in [1.29, 1.82) is 0 Å². The Hall–Kier alpha value is -1.13. The number of hydrogen-bond donors (Lipinski definition) is 0. The van der Waals surface area contributed by atoms with Crippen LogP contribution in [0.15, 0.2) is 18.2 Å². The van der Waals surface area contributed by atoms with E-state index in [1.807, 2.05) is 32.0 Å². The molecule has 1 nitrogen and oxygen atoms in total. The minimum atomic E-state index is 0.367. The van der Waals surface area contributed by atoms with Gasteiger partial charge >= 0.3 is 0 Å². The van der Waals surface area contributed by atoms with E-state index in [2.05, 4.69) is 11.8 Å². The van der Waals surface area contributed by atoms with Crippen molar-refractivity contribution in [3.63, 3.8) is 0 Å². The van der Waals surface area contributed by atoms with Crippen molar-refractivity contribution in [2.45, 2.75) is 13.8 Å². The van der Waals surface area contributed by atoms with Crippen LogP contribution in [0.1, 0.15) is 18.1 Å². The average Bonchev–Trinajstić information content (AvgIpc) is 2.19. The van der Waals surface area contributed by atoms with Crippen molar-refractivity contribution >= 4 is 11.6 Å². The van der Waals surface area contributed by atoms with Gasteiger partial charge in [0.15, 0.2) is 0 Å². The molecule has 0 radical (unpaired) electrons. The van der Waals surface area contributed by atoms with E-state index >= 15 is 0 Å². The number of hydrogen-bond acceptors (Lipinski definition) is 1. The smallest absolute Gasteiger partial charge is 0.122 e. The summed E-state index contributed by atoms with van der Waals surface area (Å²) in [5.41, 5.74) is 2.08. The van der Waals surface area contributed by atoms with E-state index in [0.29, 0.717) is 12.5 Å². The summed E-state index contributed by atoms with van der Waals surface area (Å²) in [4.78, 5) is 0. The van der Waals surface area contributed by atoms with Crippen molar-refractivity contribution in [2.24, 2.45) is 0 Å². The van der Waals surface area contributed by atoms with Gasteiger partial charge in [-0.05, 0) is 37.6 Å². The zero-order valence-electron chi connectivity index (χ0n) is 8.43. The predicted octanol–water partition coefficient (Wildman–Crippen LogP) is 2.98. The van der Waals surface area contributed by atoms with Crippen LogP contribution in [0.2, 0.25) is 0 Å². The topological polar surface area (TPSA) is 9.23 Å². The van der Waals surface area contributed by atoms with Gasteiger partial charge < -0.3 is 4.74 Å². The lowest BCUT2D eigenvalue weighted by Gasteiger charge is -2.06. The van der Waals surface area contributed by atoms with Gasteiger partial charge in [0.2, 0.25) is 0 Å². The molecule has 0 spiro atoms. The van der Waals surface area contributed by atoms with Gasteiger partial charge in [0.25, 0.3) is 0 Å². The summed E-state index contributed by atoms with van der Waals surface area (Å²) in [5, 5.41) is 0. The third kappa shape index (κ3) is 2.97. The highest BCUT2D eigenvalue weighted by Gasteiger charge is 1.98. The average molecular weight is 209 g/mol. The van der Waals surface area contributed by atoms with Gasteiger partial charge in [-0.15, -0.1) is 11.6 Å². The van der Waals surface area contributed by atoms with E-state index in [9.17, 15) is 0 Å². The first-order valence-corrected chi connectivity index (χ1v) is 5.09. The van der Waals surface area contributed by atoms with Crippen LogP contribution in [0, 0.1) is 18.8 Å². The number of ether oxygens (including phenoxy) is 1. The largest absolute Gasteiger partial charge is 0.494 e. The first-order chi connectivity index (χ1) is 6.77. The Balaban J connectivity index is 2.88. The van der Waals surface area contributed by atoms with E-state index < -0.39 is 0 Å². The van der Waals surface area contributed by atoms with Gasteiger partial charge in [-0.1, -0.05) is 11.8 Å². The fourth-order valence-corrected chi connectivity index (χ4v) is 1.25. The molecule has 0 fully saturated rings. The SMILES string of the molecule is CCOc1ccc(C#CCCl)cc1C. The highest BCUT2D eigenvalue weighted by molar-refractivity contribution is 6.19. The molecule has 0 unspecified atom stereocenters. The molecule has 0 N–H and O–H groups in total. The van der Waals surface area contributed by atoms with Gasteiger partial charge in [0.1, 0.15) is 5.75 Å². The molecular formula is C12H13ClO. The van der Waals surface area contributed by atoms with Crippen molar-refractivity contribution < 1.29 is 4.74 Å². The Labute approximate surface area is 90.0 Å². The summed E-state index contributed by atoms with van der Waals surface area (Å²) >= 11 is 5.47. The fraction of sp³-hybridized carbons (Fsp3) is 0.333. The number of rotatable bonds is 2. The Morgan fingerprint density at radius 2 is 2.21 bits per heavy atom. The molecule has 0 aliphatic heterocycles. The van der Waals surface area contributed by atoms with Crippen LogP contribution in [0.25, 0.3) is 0 Å². The maximum atomic E-state index is 5.47. The minimum Gasteiger partial charge on any atom is -0.494 e. The maximum absolute atomic E-state index is 5.47. The summed E-state index contributed by atoms with van der Waals surface area (Å²) < 4.78 is 5.42. The van der Waals surface area contributed by atoms with Gasteiger partial charge in [0, 0.05) is 5.56 Å². The van der Waals surface area contributed by atoms with Crippen LogP contribution < -0.4 is 4.74 Å². The van der Waals surface area contributed by atoms with Crippen LogP contribution in [0.4, 0.5) is 0 Å². The minimum absolute atomic E-state index is 0.367. The Bertz CT molecular complexity index is 360. The lowest BCUT2D eigenvalue weighted by molar-refractivity contribution is 0.338. The van der Waals surface area contributed by atoms with E-state index in [0.717, 1.165) is 16.9 Å². The highest BCUT2D eigenvalue weighted by Crippen LogP contribution is 2.18. The molecule has 1 aromatic rings. The Morgan fingerprint density at radius 1 is 1.43 bits per heavy atom. The van der Waals surface area contributed by atoms with Crippen molar-refractivity contribution in [3.8, 4) is 17.6 Å². The summed E-state index contributed by atoms with van der Waals surface area (Å²) in [5.74, 6) is 7.07. The highest BCUT2D eigenvalue weighted by atomic mass is 35.5. The molecule has 0 saturated heterocycles. The third-order valence-electron chi connectivity index (χ3n) is 1.77. The molecule has 14 heavy (non-hydrogen) atoms. The number of aryl methyl sites for hydroxylation is 1. The van der Waals surface area contributed by atoms with Crippen LogP contribution in [-0.2, 0) is 0 Å². The molecule has 0 aliphatic rings. The van der Waals surface area contributed by atoms with E-state index in [-0.39, 0.29) is 0 Å². The quantitative estimate of drug-likeness (QED) is 0.537. The summed E-state index contributed by atoms with van der Waals surface area (Å²) in [7, 11) is 0. The van der Waals surface area contributed by atoms with Crippen molar-refractivity contribution in [2.75, 3.05) is 12.5 Å². The van der Waals surface area contributed by atoms with Crippen molar-refractivity contribution in [3.05, 3.63) is 29.3 Å². The monoisotopic (exact) mass is 208 g/mol. The second-order valence-electron chi connectivity index (χ2n) is 2.85. The lowest BCUT2D eigenvalue weighted by atomic mass is 10.1. The van der Waals surface area contributed by atoms with E-state index in [1.54, 1.807) is 0 Å². The number of benzene rings is 1. The van der Waals surface area contributed by atoms with Gasteiger partial charge in [-0.2, -0.15) is 0 Å². The maximum Gasteiger partial charge on any atom is 0.122 e. The number of halogens is 1. The van der Waals surface area contributed by atoms with Crippen LogP contribution in [0.3, 0.4) is 0 Å². The molecule has 2 heteroatoms. The molecule has 0 saturated carbocycles. The zero-order chi connectivity index (χ0) is 10.4. The molecule has 0 bridgehead atoms. The Morgan fingerprint density at radius 3 is 2.79 bits per heavy atom. The molecule has 0 atom stereocenters. The van der Waals surface area contributed by atoms with Gasteiger partial charge in [-0.3, -0.25) is 0 Å². The van der Waals surface area contributed by atoms with E-state index in [4.69, 9.17) is 16.3 Å². The molecular weight excluding hydrogens is 196 g/mol. The van der Waals surface area contributed by atoms with Crippen LogP contribution in [0.5, 0.6) is 5.75 Å².